The largest absolute Gasteiger partial charge is 0.351 e. The number of aromatic nitrogens is 4. The Hall–Kier alpha value is -2.38. The third kappa shape index (κ3) is 4.62. The van der Waals surface area contributed by atoms with Crippen molar-refractivity contribution in [1.29, 1.82) is 0 Å². The normalized spacial score (nSPS) is 10.7. The fraction of sp³-hybridized carbons (Fsp3) is 0.222. The predicted octanol–water partition coefficient (Wildman–Crippen LogP) is 3.42. The van der Waals surface area contributed by atoms with Crippen molar-refractivity contribution in [2.45, 2.75) is 25.2 Å². The monoisotopic (exact) mass is 387 g/mol. The second-order valence-corrected chi connectivity index (χ2v) is 6.86. The zero-order valence-corrected chi connectivity index (χ0v) is 15.8. The highest BCUT2D eigenvalue weighted by Gasteiger charge is 2.14. The van der Waals surface area contributed by atoms with E-state index in [0.717, 1.165) is 28.7 Å². The average Bonchev–Trinajstić information content (AvgIpc) is 3.08. The summed E-state index contributed by atoms with van der Waals surface area (Å²) in [7, 11) is 0. The minimum absolute atomic E-state index is 0.0638. The molecule has 3 rings (SSSR count). The molecule has 0 radical (unpaired) electrons. The second-order valence-electron chi connectivity index (χ2n) is 5.48. The summed E-state index contributed by atoms with van der Waals surface area (Å²) in [5, 5.41) is 12.7. The van der Waals surface area contributed by atoms with E-state index in [9.17, 15) is 4.79 Å². The molecule has 0 fully saturated rings. The maximum absolute atomic E-state index is 12.1. The molecule has 0 atom stereocenters. The Bertz CT molecular complexity index is 884. The van der Waals surface area contributed by atoms with Crippen LogP contribution in [-0.2, 0) is 17.9 Å². The van der Waals surface area contributed by atoms with Crippen LogP contribution < -0.4 is 5.32 Å². The molecule has 2 heterocycles. The first-order chi connectivity index (χ1) is 12.7. The Morgan fingerprint density at radius 3 is 2.77 bits per heavy atom. The van der Waals surface area contributed by atoms with Crippen molar-refractivity contribution in [1.82, 2.24) is 25.1 Å². The van der Waals surface area contributed by atoms with E-state index in [-0.39, 0.29) is 11.7 Å². The number of thioether (sulfide) groups is 1. The van der Waals surface area contributed by atoms with E-state index in [1.54, 1.807) is 18.5 Å². The van der Waals surface area contributed by atoms with Gasteiger partial charge >= 0.3 is 0 Å². The molecule has 8 heteroatoms. The van der Waals surface area contributed by atoms with Crippen LogP contribution in [0.25, 0.3) is 11.4 Å². The van der Waals surface area contributed by atoms with Gasteiger partial charge in [-0.3, -0.25) is 9.78 Å². The lowest BCUT2D eigenvalue weighted by molar-refractivity contribution is -0.118. The zero-order chi connectivity index (χ0) is 18.4. The Morgan fingerprint density at radius 1 is 1.23 bits per heavy atom. The highest BCUT2D eigenvalue weighted by atomic mass is 35.5. The maximum atomic E-state index is 12.1. The third-order valence-corrected chi connectivity index (χ3v) is 4.88. The lowest BCUT2D eigenvalue weighted by Gasteiger charge is -2.08. The number of nitrogens with zero attached hydrogens (tertiary/aromatic N) is 4. The van der Waals surface area contributed by atoms with Gasteiger partial charge in [-0.2, -0.15) is 0 Å². The van der Waals surface area contributed by atoms with E-state index in [4.69, 9.17) is 11.6 Å². The van der Waals surface area contributed by atoms with Gasteiger partial charge in [0.25, 0.3) is 0 Å². The molecule has 134 valence electrons. The fourth-order valence-corrected chi connectivity index (χ4v) is 3.47. The van der Waals surface area contributed by atoms with Crippen molar-refractivity contribution in [3.63, 3.8) is 0 Å². The number of rotatable bonds is 7. The lowest BCUT2D eigenvalue weighted by atomic mass is 10.2. The molecule has 0 unspecified atom stereocenters. The van der Waals surface area contributed by atoms with Gasteiger partial charge in [-0.1, -0.05) is 35.5 Å². The highest BCUT2D eigenvalue weighted by Crippen LogP contribution is 2.23. The molecule has 0 aliphatic heterocycles. The molecule has 2 aromatic heterocycles. The summed E-state index contributed by atoms with van der Waals surface area (Å²) in [6.45, 7) is 3.19. The standard InChI is InChI=1S/C18H18ClN5OS/c1-2-24-17(14-6-8-20-9-7-14)22-23-18(24)26-12-16(25)21-11-13-4-3-5-15(19)10-13/h3-10H,2,11-12H2,1H3,(H,21,25). The first-order valence-electron chi connectivity index (χ1n) is 8.15. The number of nitrogens with one attached hydrogen (secondary N) is 1. The van der Waals surface area contributed by atoms with Gasteiger partial charge < -0.3 is 9.88 Å². The molecule has 0 bridgehead atoms. The highest BCUT2D eigenvalue weighted by molar-refractivity contribution is 7.99. The molecule has 0 saturated carbocycles. The molecular formula is C18H18ClN5OS. The van der Waals surface area contributed by atoms with Crippen molar-refractivity contribution < 1.29 is 4.79 Å². The Kier molecular flexibility index (Phi) is 6.25. The van der Waals surface area contributed by atoms with Gasteiger partial charge in [-0.05, 0) is 36.8 Å². The molecule has 0 spiro atoms. The van der Waals surface area contributed by atoms with E-state index >= 15 is 0 Å². The van der Waals surface area contributed by atoms with E-state index in [2.05, 4.69) is 20.5 Å². The molecule has 3 aromatic rings. The smallest absolute Gasteiger partial charge is 0.230 e. The van der Waals surface area contributed by atoms with Crippen LogP contribution in [0.1, 0.15) is 12.5 Å². The maximum Gasteiger partial charge on any atom is 0.230 e. The van der Waals surface area contributed by atoms with Crippen molar-refractivity contribution >= 4 is 29.3 Å². The second kappa shape index (κ2) is 8.82. The van der Waals surface area contributed by atoms with Crippen molar-refractivity contribution in [3.8, 4) is 11.4 Å². The Morgan fingerprint density at radius 2 is 2.04 bits per heavy atom. The van der Waals surface area contributed by atoms with E-state index in [0.29, 0.717) is 11.6 Å². The molecule has 1 aromatic carbocycles. The quantitative estimate of drug-likeness (QED) is 0.629. The lowest BCUT2D eigenvalue weighted by Crippen LogP contribution is -2.24. The summed E-state index contributed by atoms with van der Waals surface area (Å²) in [4.78, 5) is 16.1. The SMILES string of the molecule is CCn1c(SCC(=O)NCc2cccc(Cl)c2)nnc1-c1ccncc1. The number of hydrogen-bond acceptors (Lipinski definition) is 5. The molecule has 26 heavy (non-hydrogen) atoms. The summed E-state index contributed by atoms with van der Waals surface area (Å²) in [5.74, 6) is 0.984. The van der Waals surface area contributed by atoms with E-state index in [1.807, 2.05) is 41.8 Å². The molecule has 0 aliphatic carbocycles. The zero-order valence-electron chi connectivity index (χ0n) is 14.2. The van der Waals surface area contributed by atoms with Gasteiger partial charge in [-0.25, -0.2) is 0 Å². The fourth-order valence-electron chi connectivity index (χ4n) is 2.42. The predicted molar refractivity (Wildman–Crippen MR) is 103 cm³/mol. The molecular weight excluding hydrogens is 370 g/mol. The minimum Gasteiger partial charge on any atom is -0.351 e. The van der Waals surface area contributed by atoms with Crippen molar-refractivity contribution in [2.24, 2.45) is 0 Å². The summed E-state index contributed by atoms with van der Waals surface area (Å²) in [5.41, 5.74) is 1.92. The number of hydrogen-bond donors (Lipinski definition) is 1. The molecule has 1 amide bonds. The summed E-state index contributed by atoms with van der Waals surface area (Å²) in [6.07, 6.45) is 3.44. The van der Waals surface area contributed by atoms with E-state index in [1.165, 1.54) is 11.8 Å². The first kappa shape index (κ1) is 18.4. The molecule has 6 nitrogen and oxygen atoms in total. The summed E-state index contributed by atoms with van der Waals surface area (Å²) >= 11 is 7.32. The number of amides is 1. The van der Waals surface area contributed by atoms with Gasteiger partial charge in [0.15, 0.2) is 11.0 Å². The third-order valence-electron chi connectivity index (χ3n) is 3.68. The number of benzene rings is 1. The summed E-state index contributed by atoms with van der Waals surface area (Å²) < 4.78 is 1.99. The van der Waals surface area contributed by atoms with Crippen LogP contribution in [0.15, 0.2) is 53.9 Å². The van der Waals surface area contributed by atoms with Gasteiger partial charge in [0.05, 0.1) is 5.75 Å². The topological polar surface area (TPSA) is 72.7 Å². The molecule has 0 saturated heterocycles. The van der Waals surface area contributed by atoms with Crippen molar-refractivity contribution in [3.05, 3.63) is 59.4 Å². The Balaban J connectivity index is 1.59. The van der Waals surface area contributed by atoms with Crippen LogP contribution in [0.4, 0.5) is 0 Å². The Labute approximate surface area is 161 Å². The number of pyridine rings is 1. The average molecular weight is 388 g/mol. The van der Waals surface area contributed by atoms with Gasteiger partial charge in [0, 0.05) is 36.1 Å². The van der Waals surface area contributed by atoms with Gasteiger partial charge in [0.1, 0.15) is 0 Å². The molecule has 0 aliphatic rings. The van der Waals surface area contributed by atoms with E-state index < -0.39 is 0 Å². The molecule has 1 N–H and O–H groups in total. The van der Waals surface area contributed by atoms with Gasteiger partial charge in [0.2, 0.25) is 5.91 Å². The van der Waals surface area contributed by atoms with Gasteiger partial charge in [-0.15, -0.1) is 10.2 Å². The van der Waals surface area contributed by atoms with Crippen LogP contribution in [0.2, 0.25) is 5.02 Å². The minimum atomic E-state index is -0.0638. The van der Waals surface area contributed by atoms with Crippen LogP contribution in [0.5, 0.6) is 0 Å². The van der Waals surface area contributed by atoms with Crippen LogP contribution >= 0.6 is 23.4 Å². The number of carbonyl (C=O) groups is 1. The number of carbonyl (C=O) groups excluding carboxylic acids is 1. The van der Waals surface area contributed by atoms with Crippen LogP contribution in [-0.4, -0.2) is 31.4 Å². The van der Waals surface area contributed by atoms with Crippen LogP contribution in [0.3, 0.4) is 0 Å². The van der Waals surface area contributed by atoms with Crippen molar-refractivity contribution in [2.75, 3.05) is 5.75 Å². The first-order valence-corrected chi connectivity index (χ1v) is 9.51. The summed E-state index contributed by atoms with van der Waals surface area (Å²) in [6, 6.07) is 11.2. The number of halogens is 1. The van der Waals surface area contributed by atoms with Crippen LogP contribution in [0, 0.1) is 0 Å².